The van der Waals surface area contributed by atoms with E-state index in [2.05, 4.69) is 25.7 Å². The number of ether oxygens (including phenoxy) is 1. The standard InChI is InChI=1S/C14H7BrCl2F3NO2/c1-23-13(22)12-8(16)4-5-9(21-12)6-2-3-7(14(18,19)20)10(15)11(6)17/h2-5H,1H3. The molecule has 0 bridgehead atoms. The monoisotopic (exact) mass is 427 g/mol. The number of benzene rings is 1. The van der Waals surface area contributed by atoms with Gasteiger partial charge in [-0.3, -0.25) is 0 Å². The molecule has 0 aliphatic rings. The van der Waals surface area contributed by atoms with E-state index < -0.39 is 17.7 Å². The third-order valence-electron chi connectivity index (χ3n) is 2.89. The van der Waals surface area contributed by atoms with Crippen molar-refractivity contribution >= 4 is 45.1 Å². The lowest BCUT2D eigenvalue weighted by molar-refractivity contribution is -0.138. The first-order valence-corrected chi connectivity index (χ1v) is 7.52. The Bertz CT molecular complexity index is 781. The van der Waals surface area contributed by atoms with Crippen LogP contribution in [0.25, 0.3) is 11.3 Å². The van der Waals surface area contributed by atoms with Crippen molar-refractivity contribution in [2.75, 3.05) is 7.11 Å². The van der Waals surface area contributed by atoms with Crippen molar-refractivity contribution in [2.24, 2.45) is 0 Å². The molecule has 1 aromatic heterocycles. The van der Waals surface area contributed by atoms with Crippen molar-refractivity contribution in [1.82, 2.24) is 4.98 Å². The number of carbonyl (C=O) groups excluding carboxylic acids is 1. The van der Waals surface area contributed by atoms with Gasteiger partial charge in [-0.15, -0.1) is 0 Å². The minimum atomic E-state index is -4.55. The molecule has 0 N–H and O–H groups in total. The van der Waals surface area contributed by atoms with E-state index in [-0.39, 0.29) is 31.5 Å². The smallest absolute Gasteiger partial charge is 0.417 e. The number of esters is 1. The zero-order valence-electron chi connectivity index (χ0n) is 11.3. The van der Waals surface area contributed by atoms with E-state index in [4.69, 9.17) is 23.2 Å². The third-order valence-corrected chi connectivity index (χ3v) is 4.64. The molecule has 0 unspecified atom stereocenters. The summed E-state index contributed by atoms with van der Waals surface area (Å²) in [5, 5.41) is -0.117. The molecule has 1 aromatic carbocycles. The van der Waals surface area contributed by atoms with Crippen molar-refractivity contribution in [2.45, 2.75) is 6.18 Å². The van der Waals surface area contributed by atoms with E-state index in [1.54, 1.807) is 0 Å². The Morgan fingerprint density at radius 1 is 1.22 bits per heavy atom. The average Bonchev–Trinajstić information content (AvgIpc) is 2.48. The van der Waals surface area contributed by atoms with E-state index >= 15 is 0 Å². The molecule has 0 spiro atoms. The normalized spacial score (nSPS) is 11.4. The molecule has 0 atom stereocenters. The summed E-state index contributed by atoms with van der Waals surface area (Å²) in [4.78, 5) is 15.6. The average molecular weight is 429 g/mol. The first-order valence-electron chi connectivity index (χ1n) is 5.97. The molecule has 0 aliphatic carbocycles. The Morgan fingerprint density at radius 3 is 2.43 bits per heavy atom. The first kappa shape index (κ1) is 18.0. The number of methoxy groups -OCH3 is 1. The zero-order chi connectivity index (χ0) is 17.4. The third kappa shape index (κ3) is 3.62. The van der Waals surface area contributed by atoms with Gasteiger partial charge in [-0.05, 0) is 34.1 Å². The van der Waals surface area contributed by atoms with Crippen LogP contribution in [0.3, 0.4) is 0 Å². The van der Waals surface area contributed by atoms with Gasteiger partial charge in [0, 0.05) is 10.0 Å². The van der Waals surface area contributed by atoms with Gasteiger partial charge in [0.2, 0.25) is 0 Å². The van der Waals surface area contributed by atoms with Gasteiger partial charge in [0.05, 0.1) is 28.4 Å². The zero-order valence-corrected chi connectivity index (χ0v) is 14.4. The molecule has 3 nitrogen and oxygen atoms in total. The number of pyridine rings is 1. The topological polar surface area (TPSA) is 39.2 Å². The number of hydrogen-bond donors (Lipinski definition) is 0. The van der Waals surface area contributed by atoms with Crippen LogP contribution < -0.4 is 0 Å². The van der Waals surface area contributed by atoms with Gasteiger partial charge in [-0.25, -0.2) is 9.78 Å². The summed E-state index contributed by atoms with van der Waals surface area (Å²) in [5.41, 5.74) is -0.658. The lowest BCUT2D eigenvalue weighted by Crippen LogP contribution is -2.08. The molecule has 9 heteroatoms. The number of rotatable bonds is 2. The van der Waals surface area contributed by atoms with E-state index in [9.17, 15) is 18.0 Å². The van der Waals surface area contributed by atoms with Crippen LogP contribution in [0.1, 0.15) is 16.1 Å². The van der Waals surface area contributed by atoms with Crippen LogP contribution in [-0.2, 0) is 10.9 Å². The highest BCUT2D eigenvalue weighted by atomic mass is 79.9. The number of hydrogen-bond acceptors (Lipinski definition) is 3. The van der Waals surface area contributed by atoms with Gasteiger partial charge in [0.15, 0.2) is 5.69 Å². The van der Waals surface area contributed by atoms with E-state index in [1.807, 2.05) is 0 Å². The van der Waals surface area contributed by atoms with Gasteiger partial charge in [-0.2, -0.15) is 13.2 Å². The quantitative estimate of drug-likeness (QED) is 0.582. The van der Waals surface area contributed by atoms with Crippen LogP contribution in [0.2, 0.25) is 10.0 Å². The van der Waals surface area contributed by atoms with Crippen molar-refractivity contribution in [3.05, 3.63) is 50.0 Å². The molecular formula is C14H7BrCl2F3NO2. The molecule has 0 fully saturated rings. The largest absolute Gasteiger partial charge is 0.464 e. The molecule has 2 aromatic rings. The fourth-order valence-corrected chi connectivity index (χ4v) is 2.81. The van der Waals surface area contributed by atoms with Crippen molar-refractivity contribution in [3.63, 3.8) is 0 Å². The van der Waals surface area contributed by atoms with Gasteiger partial charge < -0.3 is 4.74 Å². The second-order valence-corrected chi connectivity index (χ2v) is 5.88. The molecule has 0 aliphatic heterocycles. The summed E-state index contributed by atoms with van der Waals surface area (Å²) in [6.07, 6.45) is -4.55. The molecule has 2 rings (SSSR count). The Morgan fingerprint density at radius 2 is 1.87 bits per heavy atom. The summed E-state index contributed by atoms with van der Waals surface area (Å²) in [7, 11) is 1.16. The lowest BCUT2D eigenvalue weighted by Gasteiger charge is -2.13. The SMILES string of the molecule is COC(=O)c1nc(-c2ccc(C(F)(F)F)c(Br)c2Cl)ccc1Cl. The van der Waals surface area contributed by atoms with E-state index in [0.29, 0.717) is 0 Å². The van der Waals surface area contributed by atoms with Gasteiger partial charge >= 0.3 is 12.1 Å². The van der Waals surface area contributed by atoms with E-state index in [0.717, 1.165) is 13.2 Å². The molecular weight excluding hydrogens is 422 g/mol. The fraction of sp³-hybridized carbons (Fsp3) is 0.143. The highest BCUT2D eigenvalue weighted by molar-refractivity contribution is 9.10. The number of carbonyl (C=O) groups is 1. The number of nitrogens with zero attached hydrogens (tertiary/aromatic N) is 1. The molecule has 0 saturated heterocycles. The van der Waals surface area contributed by atoms with Crippen LogP contribution in [0.4, 0.5) is 13.2 Å². The minimum absolute atomic E-state index is 0.0581. The lowest BCUT2D eigenvalue weighted by atomic mass is 10.1. The second kappa shape index (κ2) is 6.67. The Labute approximate surface area is 147 Å². The Balaban J connectivity index is 2.60. The van der Waals surface area contributed by atoms with Crippen LogP contribution in [0, 0.1) is 0 Å². The number of alkyl halides is 3. The summed E-state index contributed by atoms with van der Waals surface area (Å²) in [6, 6.07) is 4.88. The van der Waals surface area contributed by atoms with Gasteiger partial charge in [-0.1, -0.05) is 29.3 Å². The fourth-order valence-electron chi connectivity index (χ4n) is 1.80. The molecule has 1 heterocycles. The van der Waals surface area contributed by atoms with Crippen molar-refractivity contribution in [1.29, 1.82) is 0 Å². The molecule has 0 amide bonds. The van der Waals surface area contributed by atoms with Crippen LogP contribution in [0.15, 0.2) is 28.7 Å². The minimum Gasteiger partial charge on any atom is -0.464 e. The summed E-state index contributed by atoms with van der Waals surface area (Å²) in [6.45, 7) is 0. The predicted molar refractivity (Wildman–Crippen MR) is 83.7 cm³/mol. The molecule has 122 valence electrons. The van der Waals surface area contributed by atoms with Crippen molar-refractivity contribution in [3.8, 4) is 11.3 Å². The molecule has 0 radical (unpaired) electrons. The van der Waals surface area contributed by atoms with Crippen LogP contribution in [-0.4, -0.2) is 18.1 Å². The highest BCUT2D eigenvalue weighted by Crippen LogP contribution is 2.42. The van der Waals surface area contributed by atoms with Gasteiger partial charge in [0.25, 0.3) is 0 Å². The highest BCUT2D eigenvalue weighted by Gasteiger charge is 2.34. The summed E-state index contributed by atoms with van der Waals surface area (Å²) in [5.74, 6) is -0.765. The maximum absolute atomic E-state index is 12.8. The van der Waals surface area contributed by atoms with Crippen LogP contribution >= 0.6 is 39.1 Å². The number of aromatic nitrogens is 1. The Hall–Kier alpha value is -1.31. The maximum Gasteiger partial charge on any atom is 0.417 e. The summed E-state index contributed by atoms with van der Waals surface area (Å²) < 4.78 is 42.8. The maximum atomic E-state index is 12.8. The predicted octanol–water partition coefficient (Wildman–Crippen LogP) is 5.62. The van der Waals surface area contributed by atoms with Gasteiger partial charge in [0.1, 0.15) is 0 Å². The van der Waals surface area contributed by atoms with Crippen molar-refractivity contribution < 1.29 is 22.7 Å². The second-order valence-electron chi connectivity index (χ2n) is 4.30. The summed E-state index contributed by atoms with van der Waals surface area (Å²) >= 11 is 14.7. The molecule has 23 heavy (non-hydrogen) atoms. The van der Waals surface area contributed by atoms with E-state index in [1.165, 1.54) is 18.2 Å². The molecule has 0 saturated carbocycles. The first-order chi connectivity index (χ1) is 10.7. The number of halogens is 6. The van der Waals surface area contributed by atoms with Crippen LogP contribution in [0.5, 0.6) is 0 Å². The Kier molecular flexibility index (Phi) is 5.23.